The van der Waals surface area contributed by atoms with Gasteiger partial charge in [0.1, 0.15) is 6.10 Å². The average molecular weight is 251 g/mol. The summed E-state index contributed by atoms with van der Waals surface area (Å²) in [6.45, 7) is 8.47. The zero-order chi connectivity index (χ0) is 13.0. The van der Waals surface area contributed by atoms with Gasteiger partial charge < -0.3 is 14.8 Å². The van der Waals surface area contributed by atoms with E-state index in [4.69, 9.17) is 9.47 Å². The highest BCUT2D eigenvalue weighted by molar-refractivity contribution is 5.09. The van der Waals surface area contributed by atoms with Crippen LogP contribution < -0.4 is 10.1 Å². The lowest BCUT2D eigenvalue weighted by Crippen LogP contribution is -2.35. The first-order valence-electron chi connectivity index (χ1n) is 6.33. The molecule has 1 aliphatic heterocycles. The zero-order valence-corrected chi connectivity index (χ0v) is 11.3. The lowest BCUT2D eigenvalue weighted by Gasteiger charge is -2.20. The maximum atomic E-state index is 5.72. The summed E-state index contributed by atoms with van der Waals surface area (Å²) < 4.78 is 11.0. The first-order valence-corrected chi connectivity index (χ1v) is 6.33. The first-order chi connectivity index (χ1) is 8.53. The van der Waals surface area contributed by atoms with Crippen molar-refractivity contribution in [2.75, 3.05) is 13.2 Å². The zero-order valence-electron chi connectivity index (χ0n) is 11.3. The van der Waals surface area contributed by atoms with E-state index in [9.17, 15) is 0 Å². The summed E-state index contributed by atoms with van der Waals surface area (Å²) in [6, 6.07) is 0. The third-order valence-corrected chi connectivity index (χ3v) is 2.64. The summed E-state index contributed by atoms with van der Waals surface area (Å²) in [7, 11) is 0. The number of nitrogens with one attached hydrogen (secondary N) is 1. The van der Waals surface area contributed by atoms with Crippen LogP contribution in [0.4, 0.5) is 0 Å². The van der Waals surface area contributed by atoms with E-state index in [1.807, 2.05) is 0 Å². The normalized spacial score (nSPS) is 20.1. The van der Waals surface area contributed by atoms with Crippen molar-refractivity contribution >= 4 is 0 Å². The molecule has 2 heterocycles. The molecule has 5 heteroatoms. The molecule has 2 rings (SSSR count). The minimum Gasteiger partial charge on any atom is -0.471 e. The maximum Gasteiger partial charge on any atom is 0.232 e. The fourth-order valence-corrected chi connectivity index (χ4v) is 1.66. The Balaban J connectivity index is 1.92. The van der Waals surface area contributed by atoms with Crippen molar-refractivity contribution in [2.24, 2.45) is 0 Å². The largest absolute Gasteiger partial charge is 0.471 e. The molecule has 1 atom stereocenters. The Labute approximate surface area is 108 Å². The summed E-state index contributed by atoms with van der Waals surface area (Å²) in [5.41, 5.74) is 0.957. The SMILES string of the molecule is CC(C)(C)NCc1cncc(OC2CCOC2)n1. The lowest BCUT2D eigenvalue weighted by atomic mass is 10.1. The molecule has 0 bridgehead atoms. The van der Waals surface area contributed by atoms with Crippen LogP contribution in [0, 0.1) is 0 Å². The van der Waals surface area contributed by atoms with E-state index < -0.39 is 0 Å². The Bertz CT molecular complexity index is 384. The summed E-state index contributed by atoms with van der Waals surface area (Å²) >= 11 is 0. The Morgan fingerprint density at radius 2 is 2.28 bits per heavy atom. The molecule has 18 heavy (non-hydrogen) atoms. The van der Waals surface area contributed by atoms with Crippen molar-refractivity contribution in [2.45, 2.75) is 45.4 Å². The highest BCUT2D eigenvalue weighted by Gasteiger charge is 2.18. The Kier molecular flexibility index (Phi) is 4.14. The van der Waals surface area contributed by atoms with E-state index in [1.54, 1.807) is 12.4 Å². The van der Waals surface area contributed by atoms with Gasteiger partial charge in [0.2, 0.25) is 5.88 Å². The van der Waals surface area contributed by atoms with Crippen LogP contribution >= 0.6 is 0 Å². The molecule has 1 aromatic heterocycles. The van der Waals surface area contributed by atoms with Crippen LogP contribution in [0.25, 0.3) is 0 Å². The van der Waals surface area contributed by atoms with Crippen molar-refractivity contribution in [3.63, 3.8) is 0 Å². The average Bonchev–Trinajstić information content (AvgIpc) is 2.79. The lowest BCUT2D eigenvalue weighted by molar-refractivity contribution is 0.137. The van der Waals surface area contributed by atoms with Gasteiger partial charge in [0.05, 0.1) is 25.1 Å². The molecule has 1 aromatic rings. The van der Waals surface area contributed by atoms with E-state index in [2.05, 4.69) is 36.1 Å². The quantitative estimate of drug-likeness (QED) is 0.879. The van der Waals surface area contributed by atoms with Crippen LogP contribution in [-0.2, 0) is 11.3 Å². The van der Waals surface area contributed by atoms with Crippen LogP contribution in [0.15, 0.2) is 12.4 Å². The fourth-order valence-electron chi connectivity index (χ4n) is 1.66. The maximum absolute atomic E-state index is 5.72. The van der Waals surface area contributed by atoms with Gasteiger partial charge in [-0.3, -0.25) is 4.98 Å². The van der Waals surface area contributed by atoms with Gasteiger partial charge in [-0.15, -0.1) is 0 Å². The molecule has 1 fully saturated rings. The first kappa shape index (κ1) is 13.2. The summed E-state index contributed by atoms with van der Waals surface area (Å²) in [5.74, 6) is 0.582. The van der Waals surface area contributed by atoms with Crippen molar-refractivity contribution in [1.29, 1.82) is 0 Å². The monoisotopic (exact) mass is 251 g/mol. The van der Waals surface area contributed by atoms with Gasteiger partial charge >= 0.3 is 0 Å². The topological polar surface area (TPSA) is 56.3 Å². The third-order valence-electron chi connectivity index (χ3n) is 2.64. The summed E-state index contributed by atoms with van der Waals surface area (Å²) in [6.07, 6.45) is 4.45. The summed E-state index contributed by atoms with van der Waals surface area (Å²) in [4.78, 5) is 8.60. The van der Waals surface area contributed by atoms with Gasteiger partial charge in [-0.05, 0) is 20.8 Å². The molecule has 5 nitrogen and oxygen atoms in total. The van der Waals surface area contributed by atoms with E-state index in [0.717, 1.165) is 18.7 Å². The van der Waals surface area contributed by atoms with Crippen LogP contribution in [0.5, 0.6) is 5.88 Å². The highest BCUT2D eigenvalue weighted by atomic mass is 16.5. The second kappa shape index (κ2) is 5.63. The fraction of sp³-hybridized carbons (Fsp3) is 0.692. The highest BCUT2D eigenvalue weighted by Crippen LogP contribution is 2.14. The predicted molar refractivity (Wildman–Crippen MR) is 68.5 cm³/mol. The van der Waals surface area contributed by atoms with Gasteiger partial charge in [0.15, 0.2) is 0 Å². The Hall–Kier alpha value is -1.20. The molecule has 1 unspecified atom stereocenters. The molecule has 100 valence electrons. The second-order valence-electron chi connectivity index (χ2n) is 5.56. The van der Waals surface area contributed by atoms with E-state index >= 15 is 0 Å². The molecule has 1 saturated heterocycles. The van der Waals surface area contributed by atoms with E-state index in [-0.39, 0.29) is 11.6 Å². The number of rotatable bonds is 4. The van der Waals surface area contributed by atoms with Crippen LogP contribution in [0.3, 0.4) is 0 Å². The minimum absolute atomic E-state index is 0.0673. The molecule has 0 amide bonds. The van der Waals surface area contributed by atoms with Gasteiger partial charge in [0, 0.05) is 24.7 Å². The predicted octanol–water partition coefficient (Wildman–Crippen LogP) is 1.53. The number of nitrogens with zero attached hydrogens (tertiary/aromatic N) is 2. The molecule has 1 N–H and O–H groups in total. The van der Waals surface area contributed by atoms with Crippen LogP contribution in [0.1, 0.15) is 32.9 Å². The van der Waals surface area contributed by atoms with Gasteiger partial charge in [0.25, 0.3) is 0 Å². The standard InChI is InChI=1S/C13H21N3O2/c1-13(2,3)15-7-10-6-14-8-12(16-10)18-11-4-5-17-9-11/h6,8,11,15H,4-5,7,9H2,1-3H3. The smallest absolute Gasteiger partial charge is 0.232 e. The van der Waals surface area contributed by atoms with Crippen LogP contribution in [-0.4, -0.2) is 34.8 Å². The van der Waals surface area contributed by atoms with Crippen molar-refractivity contribution < 1.29 is 9.47 Å². The number of hydrogen-bond donors (Lipinski definition) is 1. The van der Waals surface area contributed by atoms with Gasteiger partial charge in [-0.25, -0.2) is 4.98 Å². The number of hydrogen-bond acceptors (Lipinski definition) is 5. The second-order valence-corrected chi connectivity index (χ2v) is 5.56. The van der Waals surface area contributed by atoms with Crippen molar-refractivity contribution in [3.05, 3.63) is 18.1 Å². The minimum atomic E-state index is 0.0673. The van der Waals surface area contributed by atoms with E-state index in [0.29, 0.717) is 19.0 Å². The molecular formula is C13H21N3O2. The Morgan fingerprint density at radius 3 is 2.94 bits per heavy atom. The molecule has 0 aromatic carbocycles. The van der Waals surface area contributed by atoms with Gasteiger partial charge in [-0.2, -0.15) is 0 Å². The van der Waals surface area contributed by atoms with Gasteiger partial charge in [-0.1, -0.05) is 0 Å². The van der Waals surface area contributed by atoms with Crippen LogP contribution in [0.2, 0.25) is 0 Å². The van der Waals surface area contributed by atoms with Crippen molar-refractivity contribution in [1.82, 2.24) is 15.3 Å². The third kappa shape index (κ3) is 4.23. The van der Waals surface area contributed by atoms with E-state index in [1.165, 1.54) is 0 Å². The molecular weight excluding hydrogens is 230 g/mol. The Morgan fingerprint density at radius 1 is 1.44 bits per heavy atom. The summed E-state index contributed by atoms with van der Waals surface area (Å²) in [5, 5.41) is 3.38. The molecule has 0 spiro atoms. The molecule has 0 aliphatic carbocycles. The molecule has 0 saturated carbocycles. The molecule has 1 aliphatic rings. The van der Waals surface area contributed by atoms with Crippen molar-refractivity contribution in [3.8, 4) is 5.88 Å². The molecule has 0 radical (unpaired) electrons. The number of ether oxygens (including phenoxy) is 2. The number of aromatic nitrogens is 2.